The summed E-state index contributed by atoms with van der Waals surface area (Å²) >= 11 is 0. The molecule has 0 fully saturated rings. The van der Waals surface area contributed by atoms with Crippen LogP contribution in [0.5, 0.6) is 0 Å². The first kappa shape index (κ1) is 9.76. The lowest BCUT2D eigenvalue weighted by atomic mass is 10.4. The van der Waals surface area contributed by atoms with Gasteiger partial charge < -0.3 is 9.84 Å². The van der Waals surface area contributed by atoms with E-state index in [1.165, 1.54) is 0 Å². The molecule has 0 amide bonds. The monoisotopic (exact) mass is 206 g/mol. The Labute approximate surface area is 88.1 Å². The molecule has 0 aromatic carbocycles. The summed E-state index contributed by atoms with van der Waals surface area (Å²) in [4.78, 5) is 0. The van der Waals surface area contributed by atoms with E-state index in [9.17, 15) is 0 Å². The van der Waals surface area contributed by atoms with Crippen molar-refractivity contribution >= 4 is 5.82 Å². The Bertz CT molecular complexity index is 432. The minimum absolute atomic E-state index is 0.708. The Morgan fingerprint density at radius 2 is 2.40 bits per heavy atom. The Morgan fingerprint density at radius 1 is 1.53 bits per heavy atom. The number of aryl methyl sites for hydroxylation is 2. The zero-order valence-corrected chi connectivity index (χ0v) is 8.90. The Kier molecular flexibility index (Phi) is 2.71. The second-order valence-electron chi connectivity index (χ2n) is 3.31. The summed E-state index contributed by atoms with van der Waals surface area (Å²) in [6.07, 6.45) is 1.80. The fourth-order valence-electron chi connectivity index (χ4n) is 1.43. The molecule has 0 bridgehead atoms. The van der Waals surface area contributed by atoms with Crippen LogP contribution in [0.1, 0.15) is 18.4 Å². The average Bonchev–Trinajstić information content (AvgIpc) is 2.83. The van der Waals surface area contributed by atoms with Crippen molar-refractivity contribution in [2.45, 2.75) is 26.9 Å². The summed E-state index contributed by atoms with van der Waals surface area (Å²) in [5.74, 6) is 1.57. The summed E-state index contributed by atoms with van der Waals surface area (Å²) in [7, 11) is 0. The number of rotatable bonds is 4. The van der Waals surface area contributed by atoms with Crippen LogP contribution in [0.4, 0.5) is 5.82 Å². The van der Waals surface area contributed by atoms with Crippen molar-refractivity contribution in [3.63, 3.8) is 0 Å². The van der Waals surface area contributed by atoms with Gasteiger partial charge in [-0.1, -0.05) is 5.16 Å². The number of aromatic nitrogens is 3. The quantitative estimate of drug-likeness (QED) is 0.828. The van der Waals surface area contributed by atoms with Crippen LogP contribution in [-0.4, -0.2) is 14.9 Å². The van der Waals surface area contributed by atoms with Crippen LogP contribution in [0.2, 0.25) is 0 Å². The third kappa shape index (κ3) is 2.18. The van der Waals surface area contributed by atoms with E-state index < -0.39 is 0 Å². The van der Waals surface area contributed by atoms with Crippen molar-refractivity contribution in [3.05, 3.63) is 29.8 Å². The van der Waals surface area contributed by atoms with E-state index in [0.717, 1.165) is 23.8 Å². The van der Waals surface area contributed by atoms with Crippen LogP contribution in [0.3, 0.4) is 0 Å². The van der Waals surface area contributed by atoms with Gasteiger partial charge in [0.1, 0.15) is 5.76 Å². The van der Waals surface area contributed by atoms with Crippen molar-refractivity contribution in [1.29, 1.82) is 0 Å². The molecular weight excluding hydrogens is 192 g/mol. The fourth-order valence-corrected chi connectivity index (χ4v) is 1.43. The summed E-state index contributed by atoms with van der Waals surface area (Å²) < 4.78 is 6.90. The number of hydrogen-bond donors (Lipinski definition) is 1. The lowest BCUT2D eigenvalue weighted by Crippen LogP contribution is -2.07. The number of anilines is 1. The first-order valence-corrected chi connectivity index (χ1v) is 4.97. The van der Waals surface area contributed by atoms with Gasteiger partial charge in [0.2, 0.25) is 0 Å². The first-order chi connectivity index (χ1) is 7.29. The molecule has 0 aliphatic rings. The molecule has 0 radical (unpaired) electrons. The van der Waals surface area contributed by atoms with Gasteiger partial charge in [-0.25, -0.2) is 0 Å². The van der Waals surface area contributed by atoms with Crippen LogP contribution >= 0.6 is 0 Å². The summed E-state index contributed by atoms with van der Waals surface area (Å²) in [6.45, 7) is 5.52. The highest BCUT2D eigenvalue weighted by Gasteiger charge is 2.02. The van der Waals surface area contributed by atoms with Gasteiger partial charge in [-0.2, -0.15) is 5.10 Å². The lowest BCUT2D eigenvalue weighted by molar-refractivity contribution is 0.399. The molecule has 0 saturated carbocycles. The molecule has 2 heterocycles. The molecule has 2 aromatic rings. The van der Waals surface area contributed by atoms with Crippen LogP contribution in [0.15, 0.2) is 22.9 Å². The lowest BCUT2D eigenvalue weighted by Gasteiger charge is -2.04. The SMILES string of the molecule is CCn1nccc1CNc1cc(C)on1. The van der Waals surface area contributed by atoms with Gasteiger partial charge in [0.25, 0.3) is 0 Å². The molecule has 0 atom stereocenters. The highest BCUT2D eigenvalue weighted by atomic mass is 16.5. The van der Waals surface area contributed by atoms with Crippen molar-refractivity contribution in [2.24, 2.45) is 0 Å². The minimum atomic E-state index is 0.708. The Morgan fingerprint density at radius 3 is 3.07 bits per heavy atom. The predicted octanol–water partition coefficient (Wildman–Crippen LogP) is 1.81. The fraction of sp³-hybridized carbons (Fsp3) is 0.400. The normalized spacial score (nSPS) is 10.5. The van der Waals surface area contributed by atoms with Crippen LogP contribution in [0, 0.1) is 6.92 Å². The van der Waals surface area contributed by atoms with Crippen molar-refractivity contribution in [3.8, 4) is 0 Å². The van der Waals surface area contributed by atoms with Gasteiger partial charge in [0, 0.05) is 18.8 Å². The summed E-state index contributed by atoms with van der Waals surface area (Å²) in [6, 6.07) is 3.86. The molecule has 0 unspecified atom stereocenters. The summed E-state index contributed by atoms with van der Waals surface area (Å²) in [5, 5.41) is 11.2. The third-order valence-electron chi connectivity index (χ3n) is 2.18. The van der Waals surface area contributed by atoms with Crippen LogP contribution in [-0.2, 0) is 13.1 Å². The van der Waals surface area contributed by atoms with E-state index in [0.29, 0.717) is 6.54 Å². The van der Waals surface area contributed by atoms with Gasteiger partial charge >= 0.3 is 0 Å². The van der Waals surface area contributed by atoms with E-state index in [1.54, 1.807) is 6.20 Å². The second-order valence-corrected chi connectivity index (χ2v) is 3.31. The average molecular weight is 206 g/mol. The molecule has 1 N–H and O–H groups in total. The standard InChI is InChI=1S/C10H14N4O/c1-3-14-9(4-5-12-14)7-11-10-6-8(2)15-13-10/h4-6H,3,7H2,1-2H3,(H,11,13). The number of nitrogens with zero attached hydrogens (tertiary/aromatic N) is 3. The molecule has 2 rings (SSSR count). The smallest absolute Gasteiger partial charge is 0.169 e. The Balaban J connectivity index is 1.98. The van der Waals surface area contributed by atoms with Gasteiger partial charge in [0.15, 0.2) is 5.82 Å². The highest BCUT2D eigenvalue weighted by Crippen LogP contribution is 2.09. The maximum Gasteiger partial charge on any atom is 0.169 e. The number of nitrogens with one attached hydrogen (secondary N) is 1. The van der Waals surface area contributed by atoms with Gasteiger partial charge in [0.05, 0.1) is 12.2 Å². The zero-order chi connectivity index (χ0) is 10.7. The molecule has 0 aliphatic carbocycles. The largest absolute Gasteiger partial charge is 0.362 e. The molecule has 0 spiro atoms. The molecule has 15 heavy (non-hydrogen) atoms. The van der Waals surface area contributed by atoms with E-state index in [-0.39, 0.29) is 0 Å². The van der Waals surface area contributed by atoms with Crippen molar-refractivity contribution in [1.82, 2.24) is 14.9 Å². The maximum atomic E-state index is 4.96. The van der Waals surface area contributed by atoms with Crippen LogP contribution in [0.25, 0.3) is 0 Å². The molecule has 5 heteroatoms. The van der Waals surface area contributed by atoms with E-state index >= 15 is 0 Å². The Hall–Kier alpha value is -1.78. The molecule has 0 aliphatic heterocycles. The number of hydrogen-bond acceptors (Lipinski definition) is 4. The predicted molar refractivity (Wildman–Crippen MR) is 56.5 cm³/mol. The van der Waals surface area contributed by atoms with E-state index in [4.69, 9.17) is 4.52 Å². The van der Waals surface area contributed by atoms with Gasteiger partial charge in [-0.05, 0) is 19.9 Å². The van der Waals surface area contributed by atoms with E-state index in [2.05, 4.69) is 22.5 Å². The van der Waals surface area contributed by atoms with Gasteiger partial charge in [-0.3, -0.25) is 4.68 Å². The van der Waals surface area contributed by atoms with Crippen LogP contribution < -0.4 is 5.32 Å². The molecule has 2 aromatic heterocycles. The molecular formula is C10H14N4O. The second kappa shape index (κ2) is 4.16. The maximum absolute atomic E-state index is 4.96. The molecule has 80 valence electrons. The minimum Gasteiger partial charge on any atom is -0.362 e. The van der Waals surface area contributed by atoms with Gasteiger partial charge in [-0.15, -0.1) is 0 Å². The summed E-state index contributed by atoms with van der Waals surface area (Å²) in [5.41, 5.74) is 1.14. The highest BCUT2D eigenvalue weighted by molar-refractivity contribution is 5.33. The molecule has 0 saturated heterocycles. The first-order valence-electron chi connectivity index (χ1n) is 4.97. The van der Waals surface area contributed by atoms with E-state index in [1.807, 2.05) is 23.7 Å². The zero-order valence-electron chi connectivity index (χ0n) is 8.90. The molecule has 5 nitrogen and oxygen atoms in total. The van der Waals surface area contributed by atoms with Crippen molar-refractivity contribution < 1.29 is 4.52 Å². The third-order valence-corrected chi connectivity index (χ3v) is 2.18. The van der Waals surface area contributed by atoms with Crippen molar-refractivity contribution in [2.75, 3.05) is 5.32 Å². The topological polar surface area (TPSA) is 55.9 Å².